The molecule has 0 spiro atoms. The topological polar surface area (TPSA) is 106 Å². The molecule has 3 aromatic rings. The molecule has 0 radical (unpaired) electrons. The maximum absolute atomic E-state index is 5.63. The number of ether oxygens (including phenoxy) is 1. The first-order chi connectivity index (χ1) is 14.5. The normalized spacial score (nSPS) is 15.4. The van der Waals surface area contributed by atoms with E-state index in [0.717, 1.165) is 42.7 Å². The number of aliphatic imine (C=N–C) groups is 1. The molecule has 1 saturated heterocycles. The van der Waals surface area contributed by atoms with E-state index in [1.807, 2.05) is 30.5 Å². The minimum atomic E-state index is 0.274. The van der Waals surface area contributed by atoms with Gasteiger partial charge in [-0.15, -0.1) is 5.10 Å². The number of rotatable bonds is 4. The Morgan fingerprint density at radius 1 is 1.30 bits per heavy atom. The van der Waals surface area contributed by atoms with E-state index in [2.05, 4.69) is 25.3 Å². The fraction of sp³-hybridized carbons (Fsp3) is 0.350. The quantitative estimate of drug-likeness (QED) is 0.373. The van der Waals surface area contributed by atoms with Gasteiger partial charge < -0.3 is 20.7 Å². The predicted octanol–water partition coefficient (Wildman–Crippen LogP) is 2.34. The van der Waals surface area contributed by atoms with Crippen molar-refractivity contribution in [3.8, 4) is 17.0 Å². The van der Waals surface area contributed by atoms with E-state index in [0.29, 0.717) is 22.8 Å². The van der Waals surface area contributed by atoms with Crippen LogP contribution in [0.1, 0.15) is 19.8 Å². The Balaban J connectivity index is 1.47. The lowest BCUT2D eigenvalue weighted by molar-refractivity contribution is 0.325. The lowest BCUT2D eigenvalue weighted by atomic mass is 10.1. The van der Waals surface area contributed by atoms with Crippen LogP contribution in [0, 0.1) is 0 Å². The van der Waals surface area contributed by atoms with Gasteiger partial charge in [-0.2, -0.15) is 4.98 Å². The number of methoxy groups -OCH3 is 1. The number of pyridine rings is 2. The van der Waals surface area contributed by atoms with E-state index in [9.17, 15) is 0 Å². The highest BCUT2D eigenvalue weighted by molar-refractivity contribution is 7.80. The molecule has 1 aliphatic rings. The molecule has 0 bridgehead atoms. The Morgan fingerprint density at radius 2 is 2.10 bits per heavy atom. The summed E-state index contributed by atoms with van der Waals surface area (Å²) in [6.07, 6.45) is 5.51. The average Bonchev–Trinajstić information content (AvgIpc) is 3.16. The predicted molar refractivity (Wildman–Crippen MR) is 121 cm³/mol. The van der Waals surface area contributed by atoms with Gasteiger partial charge in [0.2, 0.25) is 11.8 Å². The highest BCUT2D eigenvalue weighted by atomic mass is 32.1. The molecule has 156 valence electrons. The van der Waals surface area contributed by atoms with Crippen molar-refractivity contribution in [2.24, 2.45) is 10.7 Å². The summed E-state index contributed by atoms with van der Waals surface area (Å²) in [5, 5.41) is 8.60. The molecule has 4 heterocycles. The second-order valence-corrected chi connectivity index (χ2v) is 7.52. The lowest BCUT2D eigenvalue weighted by Crippen LogP contribution is -2.41. The fourth-order valence-corrected chi connectivity index (χ4v) is 3.80. The van der Waals surface area contributed by atoms with Crippen molar-refractivity contribution in [1.29, 1.82) is 0 Å². The van der Waals surface area contributed by atoms with Crippen LogP contribution in [0.2, 0.25) is 0 Å². The number of fused-ring (bicyclic) bond motifs is 1. The molecule has 0 saturated carbocycles. The third kappa shape index (κ3) is 4.33. The first kappa shape index (κ1) is 20.0. The summed E-state index contributed by atoms with van der Waals surface area (Å²) in [5.41, 5.74) is 8.32. The third-order valence-electron chi connectivity index (χ3n) is 4.99. The molecule has 0 amide bonds. The van der Waals surface area contributed by atoms with Crippen molar-refractivity contribution < 1.29 is 4.74 Å². The van der Waals surface area contributed by atoms with Crippen molar-refractivity contribution in [1.82, 2.24) is 24.5 Å². The molecule has 0 aliphatic carbocycles. The van der Waals surface area contributed by atoms with Crippen LogP contribution in [0.5, 0.6) is 5.88 Å². The van der Waals surface area contributed by atoms with Crippen LogP contribution in [0.3, 0.4) is 0 Å². The standard InChI is InChI=1S/C20H24N8OS/c1-13(21)23-20(30)27-10-7-15(8-11-27)24-19-25-18-16(4-3-9-28(18)26-19)14-5-6-17(29-2)22-12-14/h3-6,9,12,15H,7-8,10-11H2,1-2H3,(H,24,26)(H2,21,23,30). The number of aromatic nitrogens is 4. The van der Waals surface area contributed by atoms with Crippen LogP contribution in [-0.2, 0) is 0 Å². The van der Waals surface area contributed by atoms with Gasteiger partial charge in [-0.1, -0.05) is 0 Å². The zero-order chi connectivity index (χ0) is 21.1. The molecule has 30 heavy (non-hydrogen) atoms. The highest BCUT2D eigenvalue weighted by Crippen LogP contribution is 2.25. The monoisotopic (exact) mass is 424 g/mol. The lowest BCUT2D eigenvalue weighted by Gasteiger charge is -2.32. The molecule has 9 nitrogen and oxygen atoms in total. The zero-order valence-corrected chi connectivity index (χ0v) is 17.8. The Bertz CT molecular complexity index is 1070. The second kappa shape index (κ2) is 8.62. The van der Waals surface area contributed by atoms with Gasteiger partial charge in [-0.25, -0.2) is 14.5 Å². The number of nitrogens with two attached hydrogens (primary N) is 1. The van der Waals surface area contributed by atoms with E-state index in [1.165, 1.54) is 0 Å². The molecular formula is C20H24N8OS. The van der Waals surface area contributed by atoms with Crippen molar-refractivity contribution in [3.05, 3.63) is 36.7 Å². The molecule has 0 unspecified atom stereocenters. The number of anilines is 1. The van der Waals surface area contributed by atoms with Crippen LogP contribution < -0.4 is 15.8 Å². The number of piperidine rings is 1. The summed E-state index contributed by atoms with van der Waals surface area (Å²) >= 11 is 5.34. The molecule has 1 aliphatic heterocycles. The molecular weight excluding hydrogens is 400 g/mol. The fourth-order valence-electron chi connectivity index (χ4n) is 3.47. The van der Waals surface area contributed by atoms with Gasteiger partial charge in [0.15, 0.2) is 10.8 Å². The SMILES string of the molecule is COc1ccc(-c2cccn3nc(NC4CCN(C(=S)/N=C(/C)N)CC4)nc23)cn1. The van der Waals surface area contributed by atoms with Gasteiger partial charge in [0.05, 0.1) is 12.9 Å². The van der Waals surface area contributed by atoms with Crippen molar-refractivity contribution >= 4 is 34.8 Å². The average molecular weight is 425 g/mol. The highest BCUT2D eigenvalue weighted by Gasteiger charge is 2.22. The number of nitrogens with zero attached hydrogens (tertiary/aromatic N) is 6. The molecule has 4 rings (SSSR count). The largest absolute Gasteiger partial charge is 0.481 e. The molecule has 1 fully saturated rings. The summed E-state index contributed by atoms with van der Waals surface area (Å²) in [6.45, 7) is 3.39. The third-order valence-corrected chi connectivity index (χ3v) is 5.34. The van der Waals surface area contributed by atoms with Gasteiger partial charge in [-0.05, 0) is 50.2 Å². The van der Waals surface area contributed by atoms with Crippen LogP contribution in [0.25, 0.3) is 16.8 Å². The first-order valence-corrected chi connectivity index (χ1v) is 10.2. The summed E-state index contributed by atoms with van der Waals surface area (Å²) in [6, 6.07) is 8.03. The second-order valence-electron chi connectivity index (χ2n) is 7.16. The summed E-state index contributed by atoms with van der Waals surface area (Å²) in [7, 11) is 1.60. The van der Waals surface area contributed by atoms with Gasteiger partial charge in [0, 0.05) is 48.7 Å². The number of amidine groups is 1. The minimum absolute atomic E-state index is 0.274. The van der Waals surface area contributed by atoms with Crippen molar-refractivity contribution in [3.63, 3.8) is 0 Å². The van der Waals surface area contributed by atoms with Gasteiger partial charge in [0.1, 0.15) is 0 Å². The number of likely N-dealkylation sites (tertiary alicyclic amines) is 1. The zero-order valence-electron chi connectivity index (χ0n) is 16.9. The van der Waals surface area contributed by atoms with Crippen LogP contribution >= 0.6 is 12.2 Å². The van der Waals surface area contributed by atoms with E-state index in [1.54, 1.807) is 24.7 Å². The minimum Gasteiger partial charge on any atom is -0.481 e. The number of thiocarbonyl (C=S) groups is 1. The van der Waals surface area contributed by atoms with Gasteiger partial charge in [-0.3, -0.25) is 0 Å². The smallest absolute Gasteiger partial charge is 0.243 e. The number of hydrogen-bond acceptors (Lipinski definition) is 6. The Morgan fingerprint density at radius 3 is 2.77 bits per heavy atom. The van der Waals surface area contributed by atoms with E-state index in [4.69, 9.17) is 27.7 Å². The van der Waals surface area contributed by atoms with Crippen LogP contribution in [0.15, 0.2) is 41.7 Å². The number of hydrogen-bond donors (Lipinski definition) is 2. The number of nitrogens with one attached hydrogen (secondary N) is 1. The molecule has 0 aromatic carbocycles. The maximum Gasteiger partial charge on any atom is 0.243 e. The Hall–Kier alpha value is -3.27. The maximum atomic E-state index is 5.63. The molecule has 0 atom stereocenters. The van der Waals surface area contributed by atoms with Crippen molar-refractivity contribution in [2.45, 2.75) is 25.8 Å². The van der Waals surface area contributed by atoms with Crippen LogP contribution in [0.4, 0.5) is 5.95 Å². The molecule has 3 N–H and O–H groups in total. The van der Waals surface area contributed by atoms with E-state index >= 15 is 0 Å². The van der Waals surface area contributed by atoms with E-state index < -0.39 is 0 Å². The Labute approximate surface area is 180 Å². The summed E-state index contributed by atoms with van der Waals surface area (Å²) in [5.74, 6) is 1.67. The first-order valence-electron chi connectivity index (χ1n) is 9.75. The molecule has 3 aromatic heterocycles. The van der Waals surface area contributed by atoms with Gasteiger partial charge in [0.25, 0.3) is 0 Å². The van der Waals surface area contributed by atoms with Gasteiger partial charge >= 0.3 is 0 Å². The Kier molecular flexibility index (Phi) is 5.75. The van der Waals surface area contributed by atoms with E-state index in [-0.39, 0.29) is 6.04 Å². The molecule has 10 heteroatoms. The van der Waals surface area contributed by atoms with Crippen LogP contribution in [-0.4, -0.2) is 61.7 Å². The van der Waals surface area contributed by atoms with Crippen molar-refractivity contribution in [2.75, 3.05) is 25.5 Å². The summed E-state index contributed by atoms with van der Waals surface area (Å²) < 4.78 is 6.93. The summed E-state index contributed by atoms with van der Waals surface area (Å²) in [4.78, 5) is 15.3.